The van der Waals surface area contributed by atoms with Gasteiger partial charge in [-0.25, -0.2) is 14.5 Å². The molecule has 6 nitrogen and oxygen atoms in total. The Bertz CT molecular complexity index is 840. The molecule has 1 aliphatic carbocycles. The number of aliphatic hydroxyl groups is 1. The minimum Gasteiger partial charge on any atom is -0.393 e. The first-order chi connectivity index (χ1) is 11.7. The van der Waals surface area contributed by atoms with E-state index < -0.39 is 5.95 Å². The van der Waals surface area contributed by atoms with Crippen LogP contribution in [-0.4, -0.2) is 36.8 Å². The third kappa shape index (κ3) is 2.94. The molecule has 1 aliphatic rings. The van der Waals surface area contributed by atoms with Crippen molar-refractivity contribution >= 4 is 11.5 Å². The van der Waals surface area contributed by atoms with E-state index in [1.54, 1.807) is 16.8 Å². The summed E-state index contributed by atoms with van der Waals surface area (Å²) in [5.41, 5.74) is 2.24. The summed E-state index contributed by atoms with van der Waals surface area (Å²) in [5.74, 6) is 0.251. The molecule has 124 valence electrons. The molecule has 0 radical (unpaired) electrons. The molecule has 0 spiro atoms. The monoisotopic (exact) mass is 327 g/mol. The molecule has 0 aliphatic heterocycles. The Kier molecular flexibility index (Phi) is 3.86. The quantitative estimate of drug-likeness (QED) is 0.723. The van der Waals surface area contributed by atoms with Crippen molar-refractivity contribution in [2.75, 3.05) is 5.32 Å². The molecule has 0 unspecified atom stereocenters. The molecule has 3 aromatic heterocycles. The molecular formula is C17H18FN5O. The van der Waals surface area contributed by atoms with Crippen molar-refractivity contribution in [1.29, 1.82) is 0 Å². The van der Waals surface area contributed by atoms with Crippen LogP contribution in [0.3, 0.4) is 0 Å². The number of aromatic nitrogens is 4. The predicted molar refractivity (Wildman–Crippen MR) is 88.1 cm³/mol. The summed E-state index contributed by atoms with van der Waals surface area (Å²) in [6.45, 7) is 0. The van der Waals surface area contributed by atoms with Crippen molar-refractivity contribution < 1.29 is 9.50 Å². The van der Waals surface area contributed by atoms with E-state index in [4.69, 9.17) is 0 Å². The van der Waals surface area contributed by atoms with Gasteiger partial charge in [0.1, 0.15) is 5.82 Å². The zero-order valence-electron chi connectivity index (χ0n) is 13.1. The second-order valence-corrected chi connectivity index (χ2v) is 6.15. The van der Waals surface area contributed by atoms with E-state index >= 15 is 0 Å². The van der Waals surface area contributed by atoms with E-state index in [-0.39, 0.29) is 6.10 Å². The average Bonchev–Trinajstić information content (AvgIpc) is 3.01. The number of pyridine rings is 1. The summed E-state index contributed by atoms with van der Waals surface area (Å²) < 4.78 is 14.7. The Morgan fingerprint density at radius 3 is 2.62 bits per heavy atom. The number of fused-ring (bicyclic) bond motifs is 1. The zero-order chi connectivity index (χ0) is 16.5. The molecule has 0 amide bonds. The lowest BCUT2D eigenvalue weighted by molar-refractivity contribution is 0.126. The van der Waals surface area contributed by atoms with Gasteiger partial charge in [0.25, 0.3) is 0 Å². The number of rotatable bonds is 3. The third-order valence-corrected chi connectivity index (χ3v) is 4.43. The maximum absolute atomic E-state index is 13.0. The Hall–Kier alpha value is -2.54. The number of nitrogens with one attached hydrogen (secondary N) is 1. The van der Waals surface area contributed by atoms with Gasteiger partial charge in [0.2, 0.25) is 5.95 Å². The summed E-state index contributed by atoms with van der Waals surface area (Å²) in [7, 11) is 0. The normalized spacial score (nSPS) is 21.1. The number of aliphatic hydroxyl groups excluding tert-OH is 1. The van der Waals surface area contributed by atoms with Crippen molar-refractivity contribution in [2.45, 2.75) is 37.8 Å². The van der Waals surface area contributed by atoms with E-state index in [0.29, 0.717) is 6.04 Å². The summed E-state index contributed by atoms with van der Waals surface area (Å²) in [5, 5.41) is 17.6. The molecule has 1 saturated carbocycles. The number of halogens is 1. The molecule has 0 aromatic carbocycles. The van der Waals surface area contributed by atoms with Crippen molar-refractivity contribution in [2.24, 2.45) is 0 Å². The highest BCUT2D eigenvalue weighted by Crippen LogP contribution is 2.23. The Morgan fingerprint density at radius 1 is 1.04 bits per heavy atom. The van der Waals surface area contributed by atoms with Gasteiger partial charge in [-0.2, -0.15) is 4.39 Å². The van der Waals surface area contributed by atoms with Crippen LogP contribution in [0.2, 0.25) is 0 Å². The number of nitrogens with zero attached hydrogens (tertiary/aromatic N) is 4. The minimum absolute atomic E-state index is 0.176. The third-order valence-electron chi connectivity index (χ3n) is 4.43. The van der Waals surface area contributed by atoms with Crippen LogP contribution in [0.4, 0.5) is 10.2 Å². The summed E-state index contributed by atoms with van der Waals surface area (Å²) in [4.78, 5) is 8.02. The fraction of sp³-hybridized carbons (Fsp3) is 0.353. The molecule has 1 fully saturated rings. The number of imidazole rings is 1. The van der Waals surface area contributed by atoms with Crippen LogP contribution in [0.1, 0.15) is 25.7 Å². The first kappa shape index (κ1) is 15.0. The smallest absolute Gasteiger partial charge is 0.212 e. The van der Waals surface area contributed by atoms with Gasteiger partial charge in [0.05, 0.1) is 18.0 Å². The van der Waals surface area contributed by atoms with Gasteiger partial charge in [-0.1, -0.05) is 0 Å². The van der Waals surface area contributed by atoms with Gasteiger partial charge < -0.3 is 10.4 Å². The molecule has 7 heteroatoms. The van der Waals surface area contributed by atoms with Gasteiger partial charge in [0.15, 0.2) is 5.65 Å². The first-order valence-electron chi connectivity index (χ1n) is 8.10. The Morgan fingerprint density at radius 2 is 1.88 bits per heavy atom. The van der Waals surface area contributed by atoms with Crippen LogP contribution in [0.25, 0.3) is 16.9 Å². The molecule has 0 saturated heterocycles. The lowest BCUT2D eigenvalue weighted by atomic mass is 9.93. The molecule has 3 heterocycles. The maximum atomic E-state index is 13.0. The van der Waals surface area contributed by atoms with E-state index in [2.05, 4.69) is 20.4 Å². The van der Waals surface area contributed by atoms with Crippen LogP contribution >= 0.6 is 0 Å². The van der Waals surface area contributed by atoms with Gasteiger partial charge in [-0.3, -0.25) is 0 Å². The topological polar surface area (TPSA) is 75.3 Å². The molecule has 2 N–H and O–H groups in total. The SMILES string of the molecule is OC1CCC(Nc2ccc3ncc(-c4ccc(F)nc4)n3n2)CC1. The summed E-state index contributed by atoms with van der Waals surface area (Å²) in [6, 6.07) is 7.10. The zero-order valence-corrected chi connectivity index (χ0v) is 13.1. The van der Waals surface area contributed by atoms with Crippen LogP contribution < -0.4 is 5.32 Å². The standard InChI is InChI=1S/C17H18FN5O/c18-15-6-1-11(9-19-15)14-10-20-17-8-7-16(22-23(14)17)21-12-2-4-13(24)5-3-12/h1,6-10,12-13,24H,2-5H2,(H,21,22). The van der Waals surface area contributed by atoms with Gasteiger partial charge in [-0.05, 0) is 49.9 Å². The largest absolute Gasteiger partial charge is 0.393 e. The second kappa shape index (κ2) is 6.16. The first-order valence-corrected chi connectivity index (χ1v) is 8.10. The van der Waals surface area contributed by atoms with E-state index in [1.807, 2.05) is 12.1 Å². The number of anilines is 1. The fourth-order valence-electron chi connectivity index (χ4n) is 3.10. The van der Waals surface area contributed by atoms with E-state index in [9.17, 15) is 9.50 Å². The maximum Gasteiger partial charge on any atom is 0.212 e. The van der Waals surface area contributed by atoms with Crippen molar-refractivity contribution in [3.63, 3.8) is 0 Å². The van der Waals surface area contributed by atoms with Gasteiger partial charge in [0, 0.05) is 17.8 Å². The number of hydrogen-bond donors (Lipinski definition) is 2. The van der Waals surface area contributed by atoms with Crippen LogP contribution in [0, 0.1) is 5.95 Å². The van der Waals surface area contributed by atoms with Crippen LogP contribution in [0.5, 0.6) is 0 Å². The molecule has 4 rings (SSSR count). The van der Waals surface area contributed by atoms with Crippen LogP contribution in [0.15, 0.2) is 36.7 Å². The van der Waals surface area contributed by atoms with Crippen LogP contribution in [-0.2, 0) is 0 Å². The summed E-state index contributed by atoms with van der Waals surface area (Å²) >= 11 is 0. The Labute approximate surface area is 138 Å². The average molecular weight is 327 g/mol. The van der Waals surface area contributed by atoms with E-state index in [1.165, 1.54) is 12.3 Å². The molecule has 3 aromatic rings. The predicted octanol–water partition coefficient (Wildman–Crippen LogP) is 2.65. The molecular weight excluding hydrogens is 309 g/mol. The highest BCUT2D eigenvalue weighted by atomic mass is 19.1. The van der Waals surface area contributed by atoms with E-state index in [0.717, 1.165) is 48.4 Å². The van der Waals surface area contributed by atoms with Crippen molar-refractivity contribution in [1.82, 2.24) is 19.6 Å². The van der Waals surface area contributed by atoms with Crippen molar-refractivity contribution in [3.8, 4) is 11.3 Å². The Balaban J connectivity index is 1.62. The second-order valence-electron chi connectivity index (χ2n) is 6.15. The van der Waals surface area contributed by atoms with Gasteiger partial charge in [-0.15, -0.1) is 5.10 Å². The molecule has 24 heavy (non-hydrogen) atoms. The molecule has 0 atom stereocenters. The molecule has 0 bridgehead atoms. The highest BCUT2D eigenvalue weighted by molar-refractivity contribution is 5.62. The number of hydrogen-bond acceptors (Lipinski definition) is 5. The lowest BCUT2D eigenvalue weighted by Crippen LogP contribution is -2.28. The van der Waals surface area contributed by atoms with Gasteiger partial charge >= 0.3 is 0 Å². The highest BCUT2D eigenvalue weighted by Gasteiger charge is 2.19. The summed E-state index contributed by atoms with van der Waals surface area (Å²) in [6.07, 6.45) is 6.50. The lowest BCUT2D eigenvalue weighted by Gasteiger charge is -2.26. The minimum atomic E-state index is -0.512. The fourth-order valence-corrected chi connectivity index (χ4v) is 3.10. The van der Waals surface area contributed by atoms with Crippen molar-refractivity contribution in [3.05, 3.63) is 42.6 Å².